The number of alkyl halides is 8. The largest absolute Gasteiger partial charge is 0.460 e. The zero-order chi connectivity index (χ0) is 20.1. The summed E-state index contributed by atoms with van der Waals surface area (Å²) < 4.78 is 161. The van der Waals surface area contributed by atoms with Crippen molar-refractivity contribution in [3.63, 3.8) is 0 Å². The van der Waals surface area contributed by atoms with Gasteiger partial charge >= 0.3 is 33.5 Å². The van der Waals surface area contributed by atoms with Gasteiger partial charge in [0.25, 0.3) is 0 Å². The lowest BCUT2D eigenvalue weighted by Crippen LogP contribution is -2.55. The van der Waals surface area contributed by atoms with Crippen LogP contribution in [0, 0.1) is 11.6 Å². The van der Waals surface area contributed by atoms with Gasteiger partial charge in [0, 0.05) is 6.07 Å². The van der Waals surface area contributed by atoms with Gasteiger partial charge in [0.05, 0.1) is 5.56 Å². The van der Waals surface area contributed by atoms with Gasteiger partial charge in [-0.25, -0.2) is 13.5 Å². The molecule has 15 heteroatoms. The third-order valence-electron chi connectivity index (χ3n) is 2.55. The van der Waals surface area contributed by atoms with Gasteiger partial charge in [0.15, 0.2) is 0 Å². The highest BCUT2D eigenvalue weighted by Crippen LogP contribution is 2.50. The first-order chi connectivity index (χ1) is 10.9. The second-order valence-corrected chi connectivity index (χ2v) is 5.79. The zero-order valence-electron chi connectivity index (χ0n) is 11.1. The van der Waals surface area contributed by atoms with Crippen LogP contribution >= 0.6 is 0 Å². The third-order valence-corrected chi connectivity index (χ3v) is 3.44. The highest BCUT2D eigenvalue weighted by Gasteiger charge is 2.74. The van der Waals surface area contributed by atoms with Crippen molar-refractivity contribution in [3.8, 4) is 0 Å². The fourth-order valence-corrected chi connectivity index (χ4v) is 1.68. The van der Waals surface area contributed by atoms with Crippen LogP contribution in [0.4, 0.5) is 43.9 Å². The Bertz CT molecular complexity index is 761. The number of halogens is 10. The Morgan fingerprint density at radius 1 is 0.880 bits per heavy atom. The number of rotatable bonds is 6. The zero-order valence-corrected chi connectivity index (χ0v) is 11.9. The molecule has 0 unspecified atom stereocenters. The van der Waals surface area contributed by atoms with Gasteiger partial charge in [-0.15, -0.1) is 0 Å². The van der Waals surface area contributed by atoms with E-state index in [1.54, 1.807) is 0 Å². The maximum absolute atomic E-state index is 13.5. The van der Waals surface area contributed by atoms with Crippen molar-refractivity contribution < 1.29 is 61.6 Å². The van der Waals surface area contributed by atoms with Crippen molar-refractivity contribution >= 4 is 10.1 Å². The van der Waals surface area contributed by atoms with E-state index in [0.29, 0.717) is 0 Å². The predicted molar refractivity (Wildman–Crippen MR) is 57.7 cm³/mol. The normalized spacial score (nSPS) is 14.7. The summed E-state index contributed by atoms with van der Waals surface area (Å²) in [6, 6.07) is -0.626. The Morgan fingerprint density at radius 2 is 1.36 bits per heavy atom. The summed E-state index contributed by atoms with van der Waals surface area (Å²) in [5.41, 5.74) is -2.41. The van der Waals surface area contributed by atoms with E-state index in [0.717, 1.165) is 0 Å². The van der Waals surface area contributed by atoms with Crippen LogP contribution in [0.25, 0.3) is 0 Å². The van der Waals surface area contributed by atoms with E-state index in [4.69, 9.17) is 4.55 Å². The SMILES string of the molecule is O=S(=O)(O)C(F)(F)C(F)(F)OC(F)(F)C(F)(F)c1ccc(F)cc1F. The Labute approximate surface area is 131 Å². The van der Waals surface area contributed by atoms with Crippen LogP contribution in [0.2, 0.25) is 0 Å². The molecule has 25 heavy (non-hydrogen) atoms. The lowest BCUT2D eigenvalue weighted by atomic mass is 10.1. The van der Waals surface area contributed by atoms with Gasteiger partial charge < -0.3 is 0 Å². The van der Waals surface area contributed by atoms with Crippen LogP contribution in [0.5, 0.6) is 0 Å². The van der Waals surface area contributed by atoms with Crippen molar-refractivity contribution in [1.29, 1.82) is 0 Å². The van der Waals surface area contributed by atoms with Gasteiger partial charge in [0.2, 0.25) is 0 Å². The van der Waals surface area contributed by atoms with Crippen LogP contribution in [0.3, 0.4) is 0 Å². The maximum Gasteiger partial charge on any atom is 0.460 e. The van der Waals surface area contributed by atoms with E-state index < -0.39 is 50.7 Å². The molecule has 0 radical (unpaired) electrons. The molecule has 1 rings (SSSR count). The van der Waals surface area contributed by atoms with Crippen molar-refractivity contribution in [2.75, 3.05) is 0 Å². The first kappa shape index (κ1) is 21.4. The number of ether oxygens (including phenoxy) is 1. The first-order valence-electron chi connectivity index (χ1n) is 5.51. The number of benzene rings is 1. The molecular weight excluding hydrogens is 406 g/mol. The van der Waals surface area contributed by atoms with Gasteiger partial charge in [-0.2, -0.15) is 43.5 Å². The van der Waals surface area contributed by atoms with Crippen molar-refractivity contribution in [1.82, 2.24) is 0 Å². The van der Waals surface area contributed by atoms with E-state index in [2.05, 4.69) is 0 Å². The van der Waals surface area contributed by atoms with E-state index in [1.165, 1.54) is 0 Å². The predicted octanol–water partition coefficient (Wildman–Crippen LogP) is 3.74. The second-order valence-electron chi connectivity index (χ2n) is 4.33. The Hall–Kier alpha value is -1.61. The molecule has 1 N–H and O–H groups in total. The highest BCUT2D eigenvalue weighted by atomic mass is 32.2. The summed E-state index contributed by atoms with van der Waals surface area (Å²) in [6.45, 7) is 0. The van der Waals surface area contributed by atoms with Crippen molar-refractivity contribution in [2.24, 2.45) is 0 Å². The van der Waals surface area contributed by atoms with E-state index in [9.17, 15) is 52.3 Å². The average molecular weight is 410 g/mol. The summed E-state index contributed by atoms with van der Waals surface area (Å²) in [7, 11) is -7.07. The number of hydrogen-bond acceptors (Lipinski definition) is 3. The second kappa shape index (κ2) is 5.98. The summed E-state index contributed by atoms with van der Waals surface area (Å²) in [6.07, 6.45) is -13.5. The minimum absolute atomic E-state index is 0.0212. The lowest BCUT2D eigenvalue weighted by molar-refractivity contribution is -0.460. The summed E-state index contributed by atoms with van der Waals surface area (Å²) in [5, 5.41) is -6.75. The quantitative estimate of drug-likeness (QED) is 0.574. The summed E-state index contributed by atoms with van der Waals surface area (Å²) >= 11 is 0. The molecule has 0 amide bonds. The Kier molecular flexibility index (Phi) is 5.13. The Balaban J connectivity index is 3.36. The van der Waals surface area contributed by atoms with Gasteiger partial charge in [-0.05, 0) is 12.1 Å². The summed E-state index contributed by atoms with van der Waals surface area (Å²) in [4.78, 5) is 0. The smallest absolute Gasteiger partial charge is 0.281 e. The standard InChI is InChI=1S/C10H4F10O4S/c11-4-1-2-5(6(12)3-4)7(13,14)8(15,16)24-9(17,18)10(19,20)25(21,22)23/h1-3H,(H,21,22,23). The molecule has 0 spiro atoms. The molecule has 0 heterocycles. The highest BCUT2D eigenvalue weighted by molar-refractivity contribution is 7.86. The minimum atomic E-state index is -7.07. The van der Waals surface area contributed by atoms with Gasteiger partial charge in [0.1, 0.15) is 11.6 Å². The molecular formula is C10H4F10O4S. The van der Waals surface area contributed by atoms with Gasteiger partial charge in [-0.3, -0.25) is 4.55 Å². The van der Waals surface area contributed by atoms with Crippen molar-refractivity contribution in [3.05, 3.63) is 35.4 Å². The summed E-state index contributed by atoms with van der Waals surface area (Å²) in [5.74, 6) is -9.95. The average Bonchev–Trinajstić information content (AvgIpc) is 2.34. The fraction of sp³-hybridized carbons (Fsp3) is 0.400. The van der Waals surface area contributed by atoms with Crippen LogP contribution in [0.1, 0.15) is 5.56 Å². The van der Waals surface area contributed by atoms with E-state index >= 15 is 0 Å². The molecule has 0 saturated carbocycles. The molecule has 0 bridgehead atoms. The molecule has 1 aromatic rings. The molecule has 1 aromatic carbocycles. The lowest BCUT2D eigenvalue weighted by Gasteiger charge is -2.31. The molecule has 4 nitrogen and oxygen atoms in total. The minimum Gasteiger partial charge on any atom is -0.281 e. The third kappa shape index (κ3) is 3.67. The number of hydrogen-bond donors (Lipinski definition) is 1. The van der Waals surface area contributed by atoms with Crippen LogP contribution < -0.4 is 0 Å². The van der Waals surface area contributed by atoms with Crippen LogP contribution in [-0.2, 0) is 20.8 Å². The monoisotopic (exact) mass is 410 g/mol. The molecule has 0 aromatic heterocycles. The molecule has 0 saturated heterocycles. The van der Waals surface area contributed by atoms with Crippen molar-refractivity contribution in [2.45, 2.75) is 23.4 Å². The van der Waals surface area contributed by atoms with E-state index in [1.807, 2.05) is 4.74 Å². The van der Waals surface area contributed by atoms with Crippen LogP contribution in [-0.4, -0.2) is 30.4 Å². The molecule has 0 aliphatic rings. The topological polar surface area (TPSA) is 63.6 Å². The Morgan fingerprint density at radius 3 is 1.76 bits per heavy atom. The molecule has 0 fully saturated rings. The van der Waals surface area contributed by atoms with Crippen LogP contribution in [0.15, 0.2) is 18.2 Å². The first-order valence-corrected chi connectivity index (χ1v) is 6.95. The fourth-order valence-electron chi connectivity index (χ4n) is 1.34. The molecule has 0 atom stereocenters. The van der Waals surface area contributed by atoms with E-state index in [-0.39, 0.29) is 18.2 Å². The molecule has 0 aliphatic carbocycles. The van der Waals surface area contributed by atoms with Gasteiger partial charge in [-0.1, -0.05) is 0 Å². The molecule has 0 aliphatic heterocycles. The maximum atomic E-state index is 13.5. The molecule has 144 valence electrons.